The van der Waals surface area contributed by atoms with Crippen LogP contribution < -0.4 is 0 Å². The number of hydrogen-bond acceptors (Lipinski definition) is 3. The molecule has 0 spiro atoms. The van der Waals surface area contributed by atoms with Crippen LogP contribution >= 0.6 is 34.8 Å². The molecule has 2 aromatic rings. The fourth-order valence-electron chi connectivity index (χ4n) is 1.66. The molecular formula is C12H4Cl3F3N2O2. The highest BCUT2D eigenvalue weighted by molar-refractivity contribution is 6.48. The van der Waals surface area contributed by atoms with Gasteiger partial charge >= 0.3 is 6.18 Å². The van der Waals surface area contributed by atoms with Gasteiger partial charge in [-0.3, -0.25) is 10.1 Å². The van der Waals surface area contributed by atoms with Crippen molar-refractivity contribution in [1.82, 2.24) is 4.98 Å². The van der Waals surface area contributed by atoms with Crippen LogP contribution in [0.15, 0.2) is 24.4 Å². The maximum Gasteiger partial charge on any atom is 0.418 e. The van der Waals surface area contributed by atoms with Crippen LogP contribution in [0.25, 0.3) is 11.3 Å². The molecule has 0 bridgehead atoms. The molecule has 0 saturated carbocycles. The molecular weight excluding hydrogens is 367 g/mol. The summed E-state index contributed by atoms with van der Waals surface area (Å²) in [6.07, 6.45) is -4.25. The smallest absolute Gasteiger partial charge is 0.258 e. The van der Waals surface area contributed by atoms with Gasteiger partial charge in [0.1, 0.15) is 5.69 Å². The maximum atomic E-state index is 12.6. The summed E-state index contributed by atoms with van der Waals surface area (Å²) in [5.41, 5.74) is -2.25. The molecule has 116 valence electrons. The molecule has 0 atom stereocenters. The highest BCUT2D eigenvalue weighted by Gasteiger charge is 2.34. The van der Waals surface area contributed by atoms with E-state index in [-0.39, 0.29) is 26.3 Å². The third kappa shape index (κ3) is 3.26. The predicted octanol–water partition coefficient (Wildman–Crippen LogP) is 5.64. The third-order valence-corrected chi connectivity index (χ3v) is 3.85. The van der Waals surface area contributed by atoms with E-state index < -0.39 is 22.4 Å². The van der Waals surface area contributed by atoms with Crippen molar-refractivity contribution in [3.8, 4) is 11.3 Å². The third-order valence-electron chi connectivity index (χ3n) is 2.65. The Balaban J connectivity index is 2.68. The van der Waals surface area contributed by atoms with E-state index in [9.17, 15) is 23.3 Å². The Morgan fingerprint density at radius 2 is 1.64 bits per heavy atom. The molecule has 22 heavy (non-hydrogen) atoms. The van der Waals surface area contributed by atoms with Crippen molar-refractivity contribution >= 4 is 40.5 Å². The number of benzene rings is 1. The normalized spacial score (nSPS) is 11.5. The monoisotopic (exact) mass is 370 g/mol. The summed E-state index contributed by atoms with van der Waals surface area (Å²) in [5, 5.41) is 11.0. The topological polar surface area (TPSA) is 56.0 Å². The SMILES string of the molecule is O=[N+]([O-])c1cc(C(F)(F)F)cnc1-c1cc(Cl)c(Cl)c(Cl)c1. The van der Waals surface area contributed by atoms with Crippen LogP contribution in [0.4, 0.5) is 18.9 Å². The van der Waals surface area contributed by atoms with Crippen LogP contribution in [0.2, 0.25) is 15.1 Å². The molecule has 0 saturated heterocycles. The zero-order valence-electron chi connectivity index (χ0n) is 10.3. The van der Waals surface area contributed by atoms with Crippen LogP contribution in [0.3, 0.4) is 0 Å². The van der Waals surface area contributed by atoms with Gasteiger partial charge in [-0.25, -0.2) is 4.98 Å². The zero-order valence-corrected chi connectivity index (χ0v) is 12.6. The van der Waals surface area contributed by atoms with E-state index in [4.69, 9.17) is 34.8 Å². The van der Waals surface area contributed by atoms with E-state index in [0.29, 0.717) is 12.3 Å². The number of hydrogen-bond donors (Lipinski definition) is 0. The van der Waals surface area contributed by atoms with Crippen molar-refractivity contribution in [3.05, 3.63) is 55.1 Å². The summed E-state index contributed by atoms with van der Waals surface area (Å²) in [5.74, 6) is 0. The lowest BCUT2D eigenvalue weighted by atomic mass is 10.1. The minimum atomic E-state index is -4.74. The van der Waals surface area contributed by atoms with Gasteiger partial charge in [-0.05, 0) is 12.1 Å². The highest BCUT2D eigenvalue weighted by Crippen LogP contribution is 2.39. The highest BCUT2D eigenvalue weighted by atomic mass is 35.5. The number of halogens is 6. The Hall–Kier alpha value is -1.57. The van der Waals surface area contributed by atoms with Crippen molar-refractivity contribution in [1.29, 1.82) is 0 Å². The summed E-state index contributed by atoms with van der Waals surface area (Å²) in [4.78, 5) is 13.6. The maximum absolute atomic E-state index is 12.6. The summed E-state index contributed by atoms with van der Waals surface area (Å²) >= 11 is 17.4. The number of aromatic nitrogens is 1. The van der Waals surface area contributed by atoms with Crippen LogP contribution in [-0.4, -0.2) is 9.91 Å². The Morgan fingerprint density at radius 3 is 2.09 bits per heavy atom. The summed E-state index contributed by atoms with van der Waals surface area (Å²) < 4.78 is 37.9. The van der Waals surface area contributed by atoms with Crippen LogP contribution in [0.1, 0.15) is 5.56 Å². The standard InChI is InChI=1S/C12H4Cl3F3N2O2/c13-7-1-5(2-8(14)10(7)15)11-9(20(21)22)3-6(4-19-11)12(16,17)18/h1-4H. The van der Waals surface area contributed by atoms with Crippen LogP contribution in [-0.2, 0) is 6.18 Å². The van der Waals surface area contributed by atoms with Crippen molar-refractivity contribution in [2.75, 3.05) is 0 Å². The number of rotatable bonds is 2. The lowest BCUT2D eigenvalue weighted by Gasteiger charge is -2.09. The average Bonchev–Trinajstić information content (AvgIpc) is 2.42. The first-order valence-electron chi connectivity index (χ1n) is 5.48. The summed E-state index contributed by atoms with van der Waals surface area (Å²) in [7, 11) is 0. The van der Waals surface area contributed by atoms with E-state index in [1.165, 1.54) is 12.1 Å². The fourth-order valence-corrected chi connectivity index (χ4v) is 2.26. The molecule has 0 aliphatic rings. The van der Waals surface area contributed by atoms with Crippen LogP contribution in [0, 0.1) is 10.1 Å². The lowest BCUT2D eigenvalue weighted by Crippen LogP contribution is -2.07. The number of pyridine rings is 1. The Kier molecular flexibility index (Phi) is 4.51. The van der Waals surface area contributed by atoms with Crippen molar-refractivity contribution < 1.29 is 18.1 Å². The first kappa shape index (κ1) is 16.8. The van der Waals surface area contributed by atoms with Crippen molar-refractivity contribution in [2.45, 2.75) is 6.18 Å². The van der Waals surface area contributed by atoms with E-state index in [1.54, 1.807) is 0 Å². The molecule has 0 aliphatic heterocycles. The van der Waals surface area contributed by atoms with Gasteiger partial charge in [0.2, 0.25) is 0 Å². The first-order valence-corrected chi connectivity index (χ1v) is 6.61. The molecule has 0 amide bonds. The molecule has 1 heterocycles. The Bertz CT molecular complexity index is 743. The van der Waals surface area contributed by atoms with Gasteiger partial charge in [-0.1, -0.05) is 34.8 Å². The van der Waals surface area contributed by atoms with Gasteiger partial charge in [0.15, 0.2) is 0 Å². The largest absolute Gasteiger partial charge is 0.418 e. The van der Waals surface area contributed by atoms with Crippen LogP contribution in [0.5, 0.6) is 0 Å². The first-order chi connectivity index (χ1) is 10.1. The van der Waals surface area contributed by atoms with Crippen molar-refractivity contribution in [2.24, 2.45) is 0 Å². The fraction of sp³-hybridized carbons (Fsp3) is 0.0833. The zero-order chi connectivity index (χ0) is 16.7. The molecule has 0 fully saturated rings. The molecule has 1 aromatic carbocycles. The molecule has 10 heteroatoms. The van der Waals surface area contributed by atoms with Gasteiger partial charge in [-0.2, -0.15) is 13.2 Å². The number of alkyl halides is 3. The van der Waals surface area contributed by atoms with Gasteiger partial charge in [0.25, 0.3) is 5.69 Å². The molecule has 0 N–H and O–H groups in total. The number of nitrogens with zero attached hydrogens (tertiary/aromatic N) is 2. The van der Waals surface area contributed by atoms with Gasteiger partial charge < -0.3 is 0 Å². The van der Waals surface area contributed by atoms with E-state index in [1.807, 2.05) is 0 Å². The van der Waals surface area contributed by atoms with E-state index in [2.05, 4.69) is 4.98 Å². The van der Waals surface area contributed by atoms with Gasteiger partial charge in [0, 0.05) is 17.8 Å². The summed E-state index contributed by atoms with van der Waals surface area (Å²) in [6, 6.07) is 2.87. The molecule has 1 aromatic heterocycles. The minimum Gasteiger partial charge on any atom is -0.258 e. The van der Waals surface area contributed by atoms with Gasteiger partial charge in [-0.15, -0.1) is 0 Å². The van der Waals surface area contributed by atoms with Gasteiger partial charge in [0.05, 0.1) is 25.6 Å². The Morgan fingerprint density at radius 1 is 1.09 bits per heavy atom. The minimum absolute atomic E-state index is 0.000151. The van der Waals surface area contributed by atoms with Crippen molar-refractivity contribution in [3.63, 3.8) is 0 Å². The second kappa shape index (κ2) is 5.91. The second-order valence-corrected chi connectivity index (χ2v) is 5.29. The predicted molar refractivity (Wildman–Crippen MR) is 76.4 cm³/mol. The molecule has 2 rings (SSSR count). The van der Waals surface area contributed by atoms with E-state index >= 15 is 0 Å². The molecule has 0 unspecified atom stereocenters. The molecule has 4 nitrogen and oxygen atoms in total. The quantitative estimate of drug-likeness (QED) is 0.390. The van der Waals surface area contributed by atoms with E-state index in [0.717, 1.165) is 0 Å². The lowest BCUT2D eigenvalue weighted by molar-refractivity contribution is -0.384. The molecule has 0 aliphatic carbocycles. The number of nitro groups is 1. The summed E-state index contributed by atoms with van der Waals surface area (Å²) in [6.45, 7) is 0. The Labute approximate surface area is 136 Å². The second-order valence-electron chi connectivity index (χ2n) is 4.10. The molecule has 0 radical (unpaired) electrons. The average molecular weight is 372 g/mol.